The number of carbonyl (C=O) groups is 3. The highest BCUT2D eigenvalue weighted by Crippen LogP contribution is 2.22. The number of hydrogen-bond donors (Lipinski definition) is 1. The second-order valence-electron chi connectivity index (χ2n) is 9.59. The largest absolute Gasteiger partial charge is 0.450 e. The molecule has 39 heavy (non-hydrogen) atoms. The van der Waals surface area contributed by atoms with Crippen molar-refractivity contribution < 1.29 is 19.1 Å². The first kappa shape index (κ1) is 28.3. The summed E-state index contributed by atoms with van der Waals surface area (Å²) in [6.45, 7) is 11.8. The van der Waals surface area contributed by atoms with E-state index in [-0.39, 0.29) is 17.9 Å². The molecule has 2 aromatic heterocycles. The van der Waals surface area contributed by atoms with Crippen LogP contribution in [0.1, 0.15) is 52.9 Å². The molecule has 208 valence electrons. The third-order valence-electron chi connectivity index (χ3n) is 6.85. The molecule has 1 atom stereocenters. The Morgan fingerprint density at radius 2 is 1.74 bits per heavy atom. The normalized spacial score (nSPS) is 14.3. The molecule has 0 aliphatic carbocycles. The van der Waals surface area contributed by atoms with E-state index in [1.165, 1.54) is 0 Å². The number of nitrogens with zero attached hydrogens (tertiary/aromatic N) is 6. The lowest BCUT2D eigenvalue weighted by atomic mass is 10.1. The fraction of sp³-hybridized carbons (Fsp3) is 0.444. The number of benzene rings is 1. The summed E-state index contributed by atoms with van der Waals surface area (Å²) in [7, 11) is 0. The van der Waals surface area contributed by atoms with Crippen LogP contribution in [0.3, 0.4) is 0 Å². The molecule has 3 amide bonds. The van der Waals surface area contributed by atoms with E-state index in [9.17, 15) is 14.4 Å². The lowest BCUT2D eigenvalue weighted by Crippen LogP contribution is -2.52. The van der Waals surface area contributed by atoms with E-state index < -0.39 is 6.04 Å². The molecule has 3 heterocycles. The van der Waals surface area contributed by atoms with Crippen LogP contribution in [0.4, 0.5) is 10.5 Å². The van der Waals surface area contributed by atoms with Gasteiger partial charge in [0, 0.05) is 37.9 Å². The van der Waals surface area contributed by atoms with E-state index in [2.05, 4.69) is 31.4 Å². The lowest BCUT2D eigenvalue weighted by molar-refractivity contribution is -0.136. The number of nitrogens with one attached hydrogen (secondary N) is 1. The van der Waals surface area contributed by atoms with Crippen molar-refractivity contribution in [3.8, 4) is 0 Å². The Kier molecular flexibility index (Phi) is 8.73. The van der Waals surface area contributed by atoms with Gasteiger partial charge in [-0.25, -0.2) is 4.79 Å². The molecule has 1 unspecified atom stereocenters. The summed E-state index contributed by atoms with van der Waals surface area (Å²) in [6.07, 6.45) is 1.33. The van der Waals surface area contributed by atoms with Crippen LogP contribution in [0.15, 0.2) is 34.9 Å². The predicted molar refractivity (Wildman–Crippen MR) is 150 cm³/mol. The van der Waals surface area contributed by atoms with Gasteiger partial charge >= 0.3 is 6.09 Å². The number of aryl methyl sites for hydroxylation is 2. The average Bonchev–Trinajstić information content (AvgIpc) is 3.41. The Morgan fingerprint density at radius 3 is 2.38 bits per heavy atom. The molecule has 12 heteroatoms. The molecule has 0 spiro atoms. The molecule has 1 aliphatic rings. The molecule has 1 aromatic carbocycles. The number of aromatic nitrogens is 4. The minimum absolute atomic E-state index is 0.0950. The van der Waals surface area contributed by atoms with Crippen LogP contribution in [0.2, 0.25) is 0 Å². The van der Waals surface area contributed by atoms with Crippen molar-refractivity contribution in [3.05, 3.63) is 63.1 Å². The molecule has 0 radical (unpaired) electrons. The van der Waals surface area contributed by atoms with Crippen LogP contribution in [-0.2, 0) is 16.1 Å². The Bertz CT molecular complexity index is 1370. The lowest BCUT2D eigenvalue weighted by Gasteiger charge is -2.35. The molecule has 0 saturated carbocycles. The second-order valence-corrected chi connectivity index (χ2v) is 10.4. The van der Waals surface area contributed by atoms with Gasteiger partial charge in [0.05, 0.1) is 40.4 Å². The van der Waals surface area contributed by atoms with Crippen LogP contribution in [-0.4, -0.2) is 80.1 Å². The second kappa shape index (κ2) is 12.0. The Hall–Kier alpha value is -3.67. The van der Waals surface area contributed by atoms with E-state index in [1.807, 2.05) is 36.7 Å². The number of anilines is 1. The molecule has 1 aliphatic heterocycles. The summed E-state index contributed by atoms with van der Waals surface area (Å²) < 4.78 is 9.50. The van der Waals surface area contributed by atoms with E-state index in [0.717, 1.165) is 21.4 Å². The van der Waals surface area contributed by atoms with Crippen molar-refractivity contribution in [1.29, 1.82) is 0 Å². The molecule has 1 fully saturated rings. The number of piperazine rings is 1. The Morgan fingerprint density at radius 1 is 1.05 bits per heavy atom. The maximum absolute atomic E-state index is 13.1. The van der Waals surface area contributed by atoms with Crippen LogP contribution in [0.5, 0.6) is 0 Å². The number of rotatable bonds is 7. The fourth-order valence-corrected chi connectivity index (χ4v) is 4.80. The molecule has 4 rings (SSSR count). The standard InChI is InChI=1S/C27H34BrN7O4/c1-6-39-27(38)33-12-10-32(11-13-33)26(37)20(5)35-16-23(17(2)30-35)29-25(36)22-9-7-8-21(14-22)15-34-19(4)24(28)18(3)31-34/h7-9,14,16,20H,6,10-13,15H2,1-5H3,(H,29,36). The van der Waals surface area contributed by atoms with Gasteiger partial charge in [-0.2, -0.15) is 10.2 Å². The van der Waals surface area contributed by atoms with Gasteiger partial charge in [0.25, 0.3) is 5.91 Å². The molecule has 1 N–H and O–H groups in total. The van der Waals surface area contributed by atoms with E-state index in [4.69, 9.17) is 4.74 Å². The van der Waals surface area contributed by atoms with Crippen LogP contribution < -0.4 is 5.32 Å². The Labute approximate surface area is 236 Å². The summed E-state index contributed by atoms with van der Waals surface area (Å²) in [6, 6.07) is 6.86. The van der Waals surface area contributed by atoms with Gasteiger partial charge in [-0.15, -0.1) is 0 Å². The van der Waals surface area contributed by atoms with Crippen molar-refractivity contribution in [2.24, 2.45) is 0 Å². The topological polar surface area (TPSA) is 115 Å². The van der Waals surface area contributed by atoms with E-state index in [0.29, 0.717) is 56.3 Å². The van der Waals surface area contributed by atoms with Crippen molar-refractivity contribution in [2.75, 3.05) is 38.1 Å². The highest BCUT2D eigenvalue weighted by molar-refractivity contribution is 9.10. The van der Waals surface area contributed by atoms with Crippen molar-refractivity contribution in [2.45, 2.75) is 47.2 Å². The van der Waals surface area contributed by atoms with Gasteiger partial charge in [-0.1, -0.05) is 12.1 Å². The van der Waals surface area contributed by atoms with Gasteiger partial charge < -0.3 is 19.9 Å². The van der Waals surface area contributed by atoms with Gasteiger partial charge in [0.1, 0.15) is 6.04 Å². The first-order chi connectivity index (χ1) is 18.6. The zero-order valence-corrected chi connectivity index (χ0v) is 24.5. The van der Waals surface area contributed by atoms with E-state index in [1.54, 1.807) is 47.5 Å². The molecule has 1 saturated heterocycles. The molecule has 11 nitrogen and oxygen atoms in total. The SMILES string of the molecule is CCOC(=O)N1CCN(C(=O)C(C)n2cc(NC(=O)c3cccc(Cn4nc(C)c(Br)c4C)c3)c(C)n2)CC1. The molecule has 0 bridgehead atoms. The quantitative estimate of drug-likeness (QED) is 0.440. The number of carbonyl (C=O) groups excluding carboxylic acids is 3. The first-order valence-electron chi connectivity index (χ1n) is 12.9. The Balaban J connectivity index is 1.39. The van der Waals surface area contributed by atoms with Crippen LogP contribution in [0, 0.1) is 20.8 Å². The van der Waals surface area contributed by atoms with Crippen LogP contribution in [0.25, 0.3) is 0 Å². The van der Waals surface area contributed by atoms with Crippen molar-refractivity contribution >= 4 is 39.5 Å². The summed E-state index contributed by atoms with van der Waals surface area (Å²) in [5.74, 6) is -0.356. The summed E-state index contributed by atoms with van der Waals surface area (Å²) >= 11 is 3.55. The minimum Gasteiger partial charge on any atom is -0.450 e. The highest BCUT2D eigenvalue weighted by atomic mass is 79.9. The van der Waals surface area contributed by atoms with Crippen molar-refractivity contribution in [1.82, 2.24) is 29.4 Å². The summed E-state index contributed by atoms with van der Waals surface area (Å²) in [5.41, 5.74) is 4.56. The zero-order chi connectivity index (χ0) is 28.3. The predicted octanol–water partition coefficient (Wildman–Crippen LogP) is 3.93. The monoisotopic (exact) mass is 599 g/mol. The van der Waals surface area contributed by atoms with Crippen molar-refractivity contribution in [3.63, 3.8) is 0 Å². The van der Waals surface area contributed by atoms with Gasteiger partial charge in [0.15, 0.2) is 0 Å². The number of hydrogen-bond acceptors (Lipinski definition) is 6. The third-order valence-corrected chi connectivity index (χ3v) is 8.00. The van der Waals surface area contributed by atoms with E-state index >= 15 is 0 Å². The van der Waals surface area contributed by atoms with Gasteiger partial charge in [-0.05, 0) is 68.2 Å². The van der Waals surface area contributed by atoms with Crippen LogP contribution >= 0.6 is 15.9 Å². The number of amides is 3. The maximum atomic E-state index is 13.1. The maximum Gasteiger partial charge on any atom is 0.409 e. The molecule has 3 aromatic rings. The fourth-order valence-electron chi connectivity index (χ4n) is 4.51. The molecular weight excluding hydrogens is 566 g/mol. The first-order valence-corrected chi connectivity index (χ1v) is 13.7. The zero-order valence-electron chi connectivity index (χ0n) is 22.9. The average molecular weight is 601 g/mol. The van der Waals surface area contributed by atoms with Gasteiger partial charge in [0.2, 0.25) is 5.91 Å². The molecular formula is C27H34BrN7O4. The number of halogens is 1. The smallest absolute Gasteiger partial charge is 0.409 e. The highest BCUT2D eigenvalue weighted by Gasteiger charge is 2.29. The minimum atomic E-state index is -0.563. The summed E-state index contributed by atoms with van der Waals surface area (Å²) in [4.78, 5) is 41.5. The number of ether oxygens (including phenoxy) is 1. The summed E-state index contributed by atoms with van der Waals surface area (Å²) in [5, 5.41) is 12.0. The van der Waals surface area contributed by atoms with Gasteiger partial charge in [-0.3, -0.25) is 19.0 Å². The third kappa shape index (κ3) is 6.32.